The number of carboxylic acids is 1. The fourth-order valence-corrected chi connectivity index (χ4v) is 2.11. The Morgan fingerprint density at radius 1 is 1.45 bits per heavy atom. The fourth-order valence-electron chi connectivity index (χ4n) is 1.22. The van der Waals surface area contributed by atoms with Crippen molar-refractivity contribution in [2.24, 2.45) is 0 Å². The molecule has 2 amide bonds. The summed E-state index contributed by atoms with van der Waals surface area (Å²) < 4.78 is 18.0. The van der Waals surface area contributed by atoms with E-state index in [2.05, 4.69) is 26.6 Å². The van der Waals surface area contributed by atoms with Crippen molar-refractivity contribution in [3.8, 4) is 0 Å². The standard InChI is InChI=1S/C11H11BrClFN2O4/c12-7-3-6(14)4-8(13)10(7)16-11(19)15-1-2-20-5-9(17)18/h3-4H,1-2,5H2,(H,17,18)(H2,15,16,19). The number of benzene rings is 1. The molecule has 1 rings (SSSR count). The number of rotatable bonds is 6. The predicted molar refractivity (Wildman–Crippen MR) is 74.6 cm³/mol. The van der Waals surface area contributed by atoms with Crippen LogP contribution in [0.25, 0.3) is 0 Å². The normalized spacial score (nSPS) is 10.2. The van der Waals surface area contributed by atoms with Crippen LogP contribution in [0.2, 0.25) is 5.02 Å². The van der Waals surface area contributed by atoms with Crippen molar-refractivity contribution in [2.45, 2.75) is 0 Å². The summed E-state index contributed by atoms with van der Waals surface area (Å²) >= 11 is 8.87. The lowest BCUT2D eigenvalue weighted by Gasteiger charge is -2.11. The third-order valence-corrected chi connectivity index (χ3v) is 2.93. The highest BCUT2D eigenvalue weighted by Gasteiger charge is 2.11. The monoisotopic (exact) mass is 368 g/mol. The van der Waals surface area contributed by atoms with Crippen LogP contribution in [0.1, 0.15) is 0 Å². The van der Waals surface area contributed by atoms with Crippen LogP contribution in [0, 0.1) is 5.82 Å². The Bertz CT molecular complexity index is 492. The van der Waals surface area contributed by atoms with Gasteiger partial charge in [-0.25, -0.2) is 14.0 Å². The van der Waals surface area contributed by atoms with E-state index in [1.54, 1.807) is 0 Å². The molecule has 0 saturated heterocycles. The molecule has 0 aromatic heterocycles. The minimum Gasteiger partial charge on any atom is -0.480 e. The second-order valence-corrected chi connectivity index (χ2v) is 4.83. The molecule has 0 fully saturated rings. The molecule has 0 aliphatic carbocycles. The van der Waals surface area contributed by atoms with E-state index in [0.29, 0.717) is 4.47 Å². The van der Waals surface area contributed by atoms with Gasteiger partial charge in [-0.05, 0) is 28.1 Å². The highest BCUT2D eigenvalue weighted by molar-refractivity contribution is 9.10. The maximum atomic E-state index is 13.0. The molecule has 0 aliphatic rings. The van der Waals surface area contributed by atoms with Crippen LogP contribution in [-0.4, -0.2) is 36.9 Å². The fraction of sp³-hybridized carbons (Fsp3) is 0.273. The van der Waals surface area contributed by atoms with Crippen molar-refractivity contribution in [1.29, 1.82) is 0 Å². The third-order valence-electron chi connectivity index (χ3n) is 2.00. The van der Waals surface area contributed by atoms with Crippen LogP contribution in [-0.2, 0) is 9.53 Å². The summed E-state index contributed by atoms with van der Waals surface area (Å²) in [5.41, 5.74) is 0.233. The Kier molecular flexibility index (Phi) is 6.69. The molecular weight excluding hydrogens is 358 g/mol. The smallest absolute Gasteiger partial charge is 0.329 e. The number of carbonyl (C=O) groups excluding carboxylic acids is 1. The van der Waals surface area contributed by atoms with Crippen LogP contribution in [0.4, 0.5) is 14.9 Å². The van der Waals surface area contributed by atoms with E-state index in [9.17, 15) is 14.0 Å². The first-order valence-electron chi connectivity index (χ1n) is 5.39. The van der Waals surface area contributed by atoms with Crippen molar-refractivity contribution in [1.82, 2.24) is 5.32 Å². The van der Waals surface area contributed by atoms with Gasteiger partial charge in [-0.1, -0.05) is 11.6 Å². The number of amides is 2. The average molecular weight is 370 g/mol. The average Bonchev–Trinajstić information content (AvgIpc) is 2.33. The number of halogens is 3. The summed E-state index contributed by atoms with van der Waals surface area (Å²) in [5, 5.41) is 13.2. The molecule has 3 N–H and O–H groups in total. The van der Waals surface area contributed by atoms with Crippen molar-refractivity contribution in [3.63, 3.8) is 0 Å². The summed E-state index contributed by atoms with van der Waals surface area (Å²) in [6, 6.07) is 1.66. The maximum Gasteiger partial charge on any atom is 0.329 e. The van der Waals surface area contributed by atoms with Crippen molar-refractivity contribution < 1.29 is 23.8 Å². The molecule has 1 aromatic rings. The molecule has 6 nitrogen and oxygen atoms in total. The number of ether oxygens (including phenoxy) is 1. The van der Waals surface area contributed by atoms with Gasteiger partial charge in [-0.15, -0.1) is 0 Å². The SMILES string of the molecule is O=C(O)COCCNC(=O)Nc1c(Cl)cc(F)cc1Br. The summed E-state index contributed by atoms with van der Waals surface area (Å²) in [6.07, 6.45) is 0. The lowest BCUT2D eigenvalue weighted by atomic mass is 10.3. The predicted octanol–water partition coefficient (Wildman–Crippen LogP) is 2.46. The zero-order valence-electron chi connectivity index (χ0n) is 10.1. The van der Waals surface area contributed by atoms with Gasteiger partial charge >= 0.3 is 12.0 Å². The molecule has 0 atom stereocenters. The van der Waals surface area contributed by atoms with Gasteiger partial charge in [0, 0.05) is 11.0 Å². The number of hydrogen-bond acceptors (Lipinski definition) is 3. The zero-order chi connectivity index (χ0) is 15.1. The van der Waals surface area contributed by atoms with E-state index in [-0.39, 0.29) is 23.9 Å². The van der Waals surface area contributed by atoms with Crippen molar-refractivity contribution >= 4 is 45.2 Å². The van der Waals surface area contributed by atoms with Crippen molar-refractivity contribution in [2.75, 3.05) is 25.1 Å². The second-order valence-electron chi connectivity index (χ2n) is 3.57. The Hall–Kier alpha value is -1.38. The van der Waals surface area contributed by atoms with Gasteiger partial charge in [0.15, 0.2) is 0 Å². The number of aliphatic carboxylic acids is 1. The molecule has 20 heavy (non-hydrogen) atoms. The number of nitrogens with one attached hydrogen (secondary N) is 2. The molecule has 110 valence electrons. The molecule has 0 spiro atoms. The highest BCUT2D eigenvalue weighted by atomic mass is 79.9. The molecular formula is C11H11BrClFN2O4. The summed E-state index contributed by atoms with van der Waals surface area (Å²) in [7, 11) is 0. The van der Waals surface area contributed by atoms with E-state index < -0.39 is 24.4 Å². The first-order valence-corrected chi connectivity index (χ1v) is 6.56. The largest absolute Gasteiger partial charge is 0.480 e. The van der Waals surface area contributed by atoms with Gasteiger partial charge in [0.05, 0.1) is 17.3 Å². The number of urea groups is 1. The Morgan fingerprint density at radius 2 is 2.15 bits per heavy atom. The second kappa shape index (κ2) is 8.03. The zero-order valence-corrected chi connectivity index (χ0v) is 12.4. The topological polar surface area (TPSA) is 87.7 Å². The van der Waals surface area contributed by atoms with E-state index in [1.165, 1.54) is 0 Å². The molecule has 0 aliphatic heterocycles. The number of carbonyl (C=O) groups is 2. The van der Waals surface area contributed by atoms with Crippen LogP contribution in [0.15, 0.2) is 16.6 Å². The van der Waals surface area contributed by atoms with E-state index in [0.717, 1.165) is 12.1 Å². The van der Waals surface area contributed by atoms with Crippen LogP contribution < -0.4 is 10.6 Å². The lowest BCUT2D eigenvalue weighted by Crippen LogP contribution is -2.32. The Morgan fingerprint density at radius 3 is 2.75 bits per heavy atom. The maximum absolute atomic E-state index is 13.0. The number of carboxylic acid groups (broad SMARTS) is 1. The van der Waals surface area contributed by atoms with Gasteiger partial charge in [-0.2, -0.15) is 0 Å². The van der Waals surface area contributed by atoms with Gasteiger partial charge < -0.3 is 20.5 Å². The number of hydrogen-bond donors (Lipinski definition) is 3. The third kappa shape index (κ3) is 5.72. The Balaban J connectivity index is 2.41. The molecule has 0 unspecified atom stereocenters. The van der Waals surface area contributed by atoms with Crippen LogP contribution in [0.3, 0.4) is 0 Å². The molecule has 1 aromatic carbocycles. The summed E-state index contributed by atoms with van der Waals surface area (Å²) in [4.78, 5) is 21.7. The van der Waals surface area contributed by atoms with Crippen LogP contribution in [0.5, 0.6) is 0 Å². The lowest BCUT2D eigenvalue weighted by molar-refractivity contribution is -0.142. The van der Waals surface area contributed by atoms with E-state index in [4.69, 9.17) is 21.4 Å². The van der Waals surface area contributed by atoms with Gasteiger partial charge in [0.2, 0.25) is 0 Å². The molecule has 0 bridgehead atoms. The van der Waals surface area contributed by atoms with Gasteiger partial charge in [0.1, 0.15) is 12.4 Å². The summed E-state index contributed by atoms with van der Waals surface area (Å²) in [6.45, 7) is -0.258. The van der Waals surface area contributed by atoms with E-state index >= 15 is 0 Å². The van der Waals surface area contributed by atoms with Crippen LogP contribution >= 0.6 is 27.5 Å². The first kappa shape index (κ1) is 16.7. The highest BCUT2D eigenvalue weighted by Crippen LogP contribution is 2.31. The molecule has 0 heterocycles. The van der Waals surface area contributed by atoms with E-state index in [1.807, 2.05) is 0 Å². The molecule has 9 heteroatoms. The van der Waals surface area contributed by atoms with Crippen molar-refractivity contribution in [3.05, 3.63) is 27.4 Å². The van der Waals surface area contributed by atoms with Gasteiger partial charge in [0.25, 0.3) is 0 Å². The molecule has 0 radical (unpaired) electrons. The van der Waals surface area contributed by atoms with Gasteiger partial charge in [-0.3, -0.25) is 0 Å². The first-order chi connectivity index (χ1) is 9.40. The summed E-state index contributed by atoms with van der Waals surface area (Å²) in [5.74, 6) is -1.62. The minimum atomic E-state index is -1.09. The minimum absolute atomic E-state index is 0.0501. The number of anilines is 1. The Labute approximate surface area is 127 Å². The molecule has 0 saturated carbocycles. The quantitative estimate of drug-likeness (QED) is 0.672.